The molecule has 6 nitrogen and oxygen atoms in total. The molecule has 0 amide bonds. The van der Waals surface area contributed by atoms with Crippen molar-refractivity contribution in [2.45, 2.75) is 6.04 Å². The van der Waals surface area contributed by atoms with E-state index in [9.17, 15) is 10.1 Å². The Morgan fingerprint density at radius 1 is 1.56 bits per heavy atom. The highest BCUT2D eigenvalue weighted by Crippen LogP contribution is 2.27. The zero-order valence-corrected chi connectivity index (χ0v) is 8.46. The van der Waals surface area contributed by atoms with Crippen LogP contribution in [0.15, 0.2) is 18.2 Å². The number of benzene rings is 1. The molecule has 0 aliphatic carbocycles. The molecule has 2 rings (SSSR count). The molecule has 1 fully saturated rings. The minimum atomic E-state index is -0.507. The van der Waals surface area contributed by atoms with Gasteiger partial charge in [-0.15, -0.1) is 0 Å². The molecule has 0 atom stereocenters. The number of non-ortho nitro benzene ring substituents is 1. The maximum atomic E-state index is 10.5. The predicted octanol–water partition coefficient (Wildman–Crippen LogP) is 0.614. The van der Waals surface area contributed by atoms with E-state index in [0.717, 1.165) is 5.69 Å². The third kappa shape index (κ3) is 1.68. The summed E-state index contributed by atoms with van der Waals surface area (Å²) in [5, 5.41) is 19.5. The van der Waals surface area contributed by atoms with Gasteiger partial charge in [-0.3, -0.25) is 10.1 Å². The topological polar surface area (TPSA) is 96.2 Å². The number of hydrogen-bond donors (Lipinski definition) is 1. The van der Waals surface area contributed by atoms with Crippen LogP contribution in [0.2, 0.25) is 0 Å². The maximum absolute atomic E-state index is 10.5. The number of nitrogens with zero attached hydrogens (tertiary/aromatic N) is 3. The number of anilines is 1. The molecule has 1 aromatic carbocycles. The van der Waals surface area contributed by atoms with E-state index in [2.05, 4.69) is 0 Å². The van der Waals surface area contributed by atoms with Crippen LogP contribution in [-0.2, 0) is 0 Å². The Kier molecular flexibility index (Phi) is 2.46. The van der Waals surface area contributed by atoms with Gasteiger partial charge in [-0.1, -0.05) is 0 Å². The average molecular weight is 218 g/mol. The van der Waals surface area contributed by atoms with E-state index >= 15 is 0 Å². The zero-order chi connectivity index (χ0) is 11.7. The van der Waals surface area contributed by atoms with Crippen LogP contribution >= 0.6 is 0 Å². The first kappa shape index (κ1) is 10.4. The first-order chi connectivity index (χ1) is 7.61. The molecule has 6 heteroatoms. The zero-order valence-electron chi connectivity index (χ0n) is 8.46. The van der Waals surface area contributed by atoms with Crippen molar-refractivity contribution in [2.24, 2.45) is 5.73 Å². The third-order valence-electron chi connectivity index (χ3n) is 2.56. The van der Waals surface area contributed by atoms with E-state index in [-0.39, 0.29) is 11.7 Å². The van der Waals surface area contributed by atoms with E-state index in [1.54, 1.807) is 6.07 Å². The highest BCUT2D eigenvalue weighted by molar-refractivity contribution is 5.64. The molecule has 16 heavy (non-hydrogen) atoms. The number of hydrogen-bond acceptors (Lipinski definition) is 5. The Labute approximate surface area is 92.0 Å². The minimum absolute atomic E-state index is 0.0647. The number of nitriles is 1. The van der Waals surface area contributed by atoms with Gasteiger partial charge >= 0.3 is 0 Å². The molecule has 1 aromatic rings. The van der Waals surface area contributed by atoms with Crippen LogP contribution in [0.1, 0.15) is 5.56 Å². The predicted molar refractivity (Wildman–Crippen MR) is 58.0 cm³/mol. The van der Waals surface area contributed by atoms with Gasteiger partial charge in [0.1, 0.15) is 6.07 Å². The van der Waals surface area contributed by atoms with Crippen LogP contribution < -0.4 is 10.6 Å². The summed E-state index contributed by atoms with van der Waals surface area (Å²) in [5.41, 5.74) is 6.62. The van der Waals surface area contributed by atoms with Crippen molar-refractivity contribution in [2.75, 3.05) is 18.0 Å². The van der Waals surface area contributed by atoms with Gasteiger partial charge in [0.2, 0.25) is 0 Å². The molecule has 0 spiro atoms. The first-order valence-corrected chi connectivity index (χ1v) is 4.81. The molecule has 2 N–H and O–H groups in total. The van der Waals surface area contributed by atoms with E-state index in [1.165, 1.54) is 12.1 Å². The second-order valence-corrected chi connectivity index (χ2v) is 3.74. The van der Waals surface area contributed by atoms with Crippen LogP contribution in [0, 0.1) is 21.4 Å². The maximum Gasteiger partial charge on any atom is 0.270 e. The molecule has 1 aliphatic rings. The highest BCUT2D eigenvalue weighted by atomic mass is 16.6. The SMILES string of the molecule is N#Cc1cc([N+](=O)[O-])ccc1N1CC(N)C1. The monoisotopic (exact) mass is 218 g/mol. The van der Waals surface area contributed by atoms with Crippen LogP contribution in [0.5, 0.6) is 0 Å². The lowest BCUT2D eigenvalue weighted by Crippen LogP contribution is -2.56. The summed E-state index contributed by atoms with van der Waals surface area (Å²) in [7, 11) is 0. The number of rotatable bonds is 2. The molecule has 0 radical (unpaired) electrons. The molecule has 0 aromatic heterocycles. The van der Waals surface area contributed by atoms with Crippen molar-refractivity contribution < 1.29 is 4.92 Å². The van der Waals surface area contributed by atoms with Gasteiger partial charge in [-0.2, -0.15) is 5.26 Å². The van der Waals surface area contributed by atoms with Gasteiger partial charge < -0.3 is 10.6 Å². The van der Waals surface area contributed by atoms with Gasteiger partial charge in [-0.25, -0.2) is 0 Å². The van der Waals surface area contributed by atoms with E-state index in [0.29, 0.717) is 18.7 Å². The molecule has 1 saturated heterocycles. The molecular weight excluding hydrogens is 208 g/mol. The Balaban J connectivity index is 2.33. The Bertz CT molecular complexity index is 474. The number of nitrogens with two attached hydrogens (primary N) is 1. The van der Waals surface area contributed by atoms with Crippen LogP contribution in [0.4, 0.5) is 11.4 Å². The van der Waals surface area contributed by atoms with Crippen molar-refractivity contribution in [3.63, 3.8) is 0 Å². The second kappa shape index (κ2) is 3.79. The van der Waals surface area contributed by atoms with Crippen LogP contribution in [-0.4, -0.2) is 24.1 Å². The summed E-state index contributed by atoms with van der Waals surface area (Å²) in [6, 6.07) is 6.39. The van der Waals surface area contributed by atoms with Gasteiger partial charge in [-0.05, 0) is 6.07 Å². The van der Waals surface area contributed by atoms with Crippen LogP contribution in [0.25, 0.3) is 0 Å². The lowest BCUT2D eigenvalue weighted by atomic mass is 10.1. The lowest BCUT2D eigenvalue weighted by Gasteiger charge is -2.39. The van der Waals surface area contributed by atoms with Gasteiger partial charge in [0, 0.05) is 31.3 Å². The van der Waals surface area contributed by atoms with Crippen molar-refractivity contribution in [3.05, 3.63) is 33.9 Å². The summed E-state index contributed by atoms with van der Waals surface area (Å²) in [4.78, 5) is 12.0. The lowest BCUT2D eigenvalue weighted by molar-refractivity contribution is -0.384. The molecule has 1 aliphatic heterocycles. The first-order valence-electron chi connectivity index (χ1n) is 4.81. The summed E-state index contributed by atoms with van der Waals surface area (Å²) in [6.45, 7) is 1.37. The van der Waals surface area contributed by atoms with Gasteiger partial charge in [0.05, 0.1) is 16.2 Å². The van der Waals surface area contributed by atoms with E-state index < -0.39 is 4.92 Å². The fraction of sp³-hybridized carbons (Fsp3) is 0.300. The number of nitro benzene ring substituents is 1. The third-order valence-corrected chi connectivity index (χ3v) is 2.56. The van der Waals surface area contributed by atoms with Crippen molar-refractivity contribution in [1.82, 2.24) is 0 Å². The minimum Gasteiger partial charge on any atom is -0.367 e. The Morgan fingerprint density at radius 3 is 2.75 bits per heavy atom. The summed E-state index contributed by atoms with van der Waals surface area (Å²) < 4.78 is 0. The summed E-state index contributed by atoms with van der Waals surface area (Å²) >= 11 is 0. The normalized spacial score (nSPS) is 15.4. The summed E-state index contributed by atoms with van der Waals surface area (Å²) in [5.74, 6) is 0. The standard InChI is InChI=1S/C10H10N4O2/c11-4-7-3-9(14(15)16)1-2-10(7)13-5-8(12)6-13/h1-3,8H,5-6,12H2. The fourth-order valence-electron chi connectivity index (χ4n) is 1.71. The van der Waals surface area contributed by atoms with Crippen molar-refractivity contribution in [3.8, 4) is 6.07 Å². The second-order valence-electron chi connectivity index (χ2n) is 3.74. The molecule has 1 heterocycles. The Hall–Kier alpha value is -2.13. The molecule has 82 valence electrons. The Morgan fingerprint density at radius 2 is 2.25 bits per heavy atom. The largest absolute Gasteiger partial charge is 0.367 e. The quantitative estimate of drug-likeness (QED) is 0.579. The van der Waals surface area contributed by atoms with Gasteiger partial charge in [0.15, 0.2) is 0 Å². The fourth-order valence-corrected chi connectivity index (χ4v) is 1.71. The van der Waals surface area contributed by atoms with Gasteiger partial charge in [0.25, 0.3) is 5.69 Å². The van der Waals surface area contributed by atoms with Crippen molar-refractivity contribution >= 4 is 11.4 Å². The average Bonchev–Trinajstić information content (AvgIpc) is 2.24. The van der Waals surface area contributed by atoms with E-state index in [1.807, 2.05) is 11.0 Å². The number of nitro groups is 1. The smallest absolute Gasteiger partial charge is 0.270 e. The molecular formula is C10H10N4O2. The highest BCUT2D eigenvalue weighted by Gasteiger charge is 2.26. The molecule has 0 saturated carbocycles. The van der Waals surface area contributed by atoms with E-state index in [4.69, 9.17) is 11.0 Å². The summed E-state index contributed by atoms with van der Waals surface area (Å²) in [6.07, 6.45) is 0. The van der Waals surface area contributed by atoms with Crippen molar-refractivity contribution in [1.29, 1.82) is 5.26 Å². The molecule has 0 unspecified atom stereocenters. The molecule has 0 bridgehead atoms. The van der Waals surface area contributed by atoms with Crippen LogP contribution in [0.3, 0.4) is 0 Å².